The van der Waals surface area contributed by atoms with Crippen LogP contribution in [0.2, 0.25) is 0 Å². The summed E-state index contributed by atoms with van der Waals surface area (Å²) in [7, 11) is 0. The molecule has 0 unspecified atom stereocenters. The first-order valence-electron chi connectivity index (χ1n) is 5.75. The van der Waals surface area contributed by atoms with Crippen LogP contribution in [0.15, 0.2) is 29.1 Å². The minimum Gasteiger partial charge on any atom is -0.292 e. The molecule has 0 saturated heterocycles. The summed E-state index contributed by atoms with van der Waals surface area (Å²) in [6.07, 6.45) is 0. The standard InChI is InChI=1S/C14H12FN3O/c1-9-6-10(2)18(14(19)17-9)8-12-5-3-4-11(7-16)13(12)15/h3-6H,8H2,1-2H3. The lowest BCUT2D eigenvalue weighted by Gasteiger charge is -2.10. The number of hydrogen-bond acceptors (Lipinski definition) is 3. The molecule has 0 fully saturated rings. The maximum Gasteiger partial charge on any atom is 0.348 e. The molecule has 2 rings (SSSR count). The highest BCUT2D eigenvalue weighted by molar-refractivity contribution is 5.35. The Morgan fingerprint density at radius 3 is 2.79 bits per heavy atom. The lowest BCUT2D eigenvalue weighted by Crippen LogP contribution is -2.26. The van der Waals surface area contributed by atoms with Crippen molar-refractivity contribution in [2.45, 2.75) is 20.4 Å². The van der Waals surface area contributed by atoms with E-state index in [2.05, 4.69) is 4.98 Å². The van der Waals surface area contributed by atoms with Crippen molar-refractivity contribution in [2.24, 2.45) is 0 Å². The number of benzene rings is 1. The Balaban J connectivity index is 2.49. The second-order valence-electron chi connectivity index (χ2n) is 4.30. The molecule has 19 heavy (non-hydrogen) atoms. The van der Waals surface area contributed by atoms with E-state index in [0.717, 1.165) is 0 Å². The Kier molecular flexibility index (Phi) is 3.43. The number of rotatable bonds is 2. The van der Waals surface area contributed by atoms with Crippen LogP contribution >= 0.6 is 0 Å². The van der Waals surface area contributed by atoms with Crippen LogP contribution in [0.25, 0.3) is 0 Å². The number of aryl methyl sites for hydroxylation is 2. The molecule has 0 N–H and O–H groups in total. The van der Waals surface area contributed by atoms with Crippen LogP contribution in [-0.2, 0) is 6.54 Å². The van der Waals surface area contributed by atoms with E-state index in [-0.39, 0.29) is 12.1 Å². The molecule has 0 aliphatic rings. The van der Waals surface area contributed by atoms with Crippen LogP contribution in [0.1, 0.15) is 22.5 Å². The van der Waals surface area contributed by atoms with E-state index in [4.69, 9.17) is 5.26 Å². The molecule has 2 aromatic rings. The molecule has 0 bridgehead atoms. The summed E-state index contributed by atoms with van der Waals surface area (Å²) in [6, 6.07) is 8.10. The molecule has 5 heteroatoms. The van der Waals surface area contributed by atoms with Crippen LogP contribution in [0.3, 0.4) is 0 Å². The molecule has 4 nitrogen and oxygen atoms in total. The van der Waals surface area contributed by atoms with Gasteiger partial charge in [-0.05, 0) is 26.0 Å². The third kappa shape index (κ3) is 2.52. The zero-order valence-electron chi connectivity index (χ0n) is 10.6. The van der Waals surface area contributed by atoms with Gasteiger partial charge in [0.15, 0.2) is 0 Å². The Hall–Kier alpha value is -2.48. The van der Waals surface area contributed by atoms with Gasteiger partial charge in [0.05, 0.1) is 12.1 Å². The van der Waals surface area contributed by atoms with Gasteiger partial charge < -0.3 is 0 Å². The smallest absolute Gasteiger partial charge is 0.292 e. The largest absolute Gasteiger partial charge is 0.348 e. The fourth-order valence-electron chi connectivity index (χ4n) is 1.93. The van der Waals surface area contributed by atoms with Gasteiger partial charge in [0, 0.05) is 17.0 Å². The minimum absolute atomic E-state index is 0.0247. The molecule has 0 radical (unpaired) electrons. The summed E-state index contributed by atoms with van der Waals surface area (Å²) >= 11 is 0. The molecule has 0 aliphatic carbocycles. The van der Waals surface area contributed by atoms with E-state index < -0.39 is 11.5 Å². The summed E-state index contributed by atoms with van der Waals surface area (Å²) in [5.41, 5.74) is 1.20. The molecule has 0 aliphatic heterocycles. The Morgan fingerprint density at radius 2 is 2.16 bits per heavy atom. The van der Waals surface area contributed by atoms with E-state index in [1.807, 2.05) is 0 Å². The van der Waals surface area contributed by atoms with Crippen molar-refractivity contribution in [3.63, 3.8) is 0 Å². The number of nitriles is 1. The maximum atomic E-state index is 13.9. The highest BCUT2D eigenvalue weighted by atomic mass is 19.1. The van der Waals surface area contributed by atoms with Crippen molar-refractivity contribution in [2.75, 3.05) is 0 Å². The first kappa shape index (κ1) is 13.0. The Morgan fingerprint density at radius 1 is 1.42 bits per heavy atom. The summed E-state index contributed by atoms with van der Waals surface area (Å²) in [5, 5.41) is 8.78. The first-order valence-corrected chi connectivity index (χ1v) is 5.75. The van der Waals surface area contributed by atoms with Gasteiger partial charge in [0.2, 0.25) is 0 Å². The van der Waals surface area contributed by atoms with Crippen LogP contribution in [0, 0.1) is 31.0 Å². The number of nitrogens with zero attached hydrogens (tertiary/aromatic N) is 3. The first-order chi connectivity index (χ1) is 9.02. The lowest BCUT2D eigenvalue weighted by molar-refractivity contribution is 0.585. The van der Waals surface area contributed by atoms with Crippen molar-refractivity contribution in [1.82, 2.24) is 9.55 Å². The SMILES string of the molecule is Cc1cc(C)n(Cc2cccc(C#N)c2F)c(=O)n1. The van der Waals surface area contributed by atoms with Crippen LogP contribution in [0.4, 0.5) is 4.39 Å². The van der Waals surface area contributed by atoms with E-state index in [9.17, 15) is 9.18 Å². The zero-order chi connectivity index (χ0) is 14.0. The van der Waals surface area contributed by atoms with Gasteiger partial charge in [-0.2, -0.15) is 10.2 Å². The lowest BCUT2D eigenvalue weighted by atomic mass is 10.1. The zero-order valence-corrected chi connectivity index (χ0v) is 10.6. The Bertz CT molecular complexity index is 728. The van der Waals surface area contributed by atoms with Gasteiger partial charge in [0.25, 0.3) is 0 Å². The second kappa shape index (κ2) is 5.02. The van der Waals surface area contributed by atoms with E-state index in [1.54, 1.807) is 38.1 Å². The van der Waals surface area contributed by atoms with Gasteiger partial charge >= 0.3 is 5.69 Å². The molecule has 1 aromatic heterocycles. The average Bonchev–Trinajstić information content (AvgIpc) is 2.35. The van der Waals surface area contributed by atoms with E-state index >= 15 is 0 Å². The molecule has 1 aromatic carbocycles. The van der Waals surface area contributed by atoms with Gasteiger partial charge in [-0.15, -0.1) is 0 Å². The van der Waals surface area contributed by atoms with Gasteiger partial charge in [0.1, 0.15) is 11.9 Å². The van der Waals surface area contributed by atoms with Crippen LogP contribution in [0.5, 0.6) is 0 Å². The van der Waals surface area contributed by atoms with Crippen LogP contribution < -0.4 is 5.69 Å². The highest BCUT2D eigenvalue weighted by Crippen LogP contribution is 2.13. The number of aromatic nitrogens is 2. The summed E-state index contributed by atoms with van der Waals surface area (Å²) in [5.74, 6) is -0.586. The van der Waals surface area contributed by atoms with E-state index in [0.29, 0.717) is 17.0 Å². The molecule has 96 valence electrons. The fraction of sp³-hybridized carbons (Fsp3) is 0.214. The van der Waals surface area contributed by atoms with Crippen molar-refractivity contribution in [1.29, 1.82) is 5.26 Å². The predicted octanol–water partition coefficient (Wildman–Crippen LogP) is 1.92. The van der Waals surface area contributed by atoms with Crippen molar-refractivity contribution in [3.05, 3.63) is 63.1 Å². The summed E-state index contributed by atoms with van der Waals surface area (Å²) in [6.45, 7) is 3.57. The van der Waals surface area contributed by atoms with Gasteiger partial charge in [-0.3, -0.25) is 4.57 Å². The molecule has 0 amide bonds. The monoisotopic (exact) mass is 257 g/mol. The second-order valence-corrected chi connectivity index (χ2v) is 4.30. The number of halogens is 1. The van der Waals surface area contributed by atoms with Gasteiger partial charge in [-0.25, -0.2) is 9.18 Å². The molecule has 0 atom stereocenters. The number of hydrogen-bond donors (Lipinski definition) is 0. The molecule has 0 saturated carbocycles. The van der Waals surface area contributed by atoms with Crippen LogP contribution in [-0.4, -0.2) is 9.55 Å². The molecular formula is C14H12FN3O. The topological polar surface area (TPSA) is 58.7 Å². The third-order valence-electron chi connectivity index (χ3n) is 2.87. The van der Waals surface area contributed by atoms with Crippen molar-refractivity contribution < 1.29 is 4.39 Å². The van der Waals surface area contributed by atoms with Crippen molar-refractivity contribution >= 4 is 0 Å². The Labute approximate surface area is 109 Å². The van der Waals surface area contributed by atoms with E-state index in [1.165, 1.54) is 10.6 Å². The molecule has 0 spiro atoms. The minimum atomic E-state index is -0.586. The molecule has 1 heterocycles. The quantitative estimate of drug-likeness (QED) is 0.825. The van der Waals surface area contributed by atoms with Crippen molar-refractivity contribution in [3.8, 4) is 6.07 Å². The fourth-order valence-corrected chi connectivity index (χ4v) is 1.93. The highest BCUT2D eigenvalue weighted by Gasteiger charge is 2.10. The third-order valence-corrected chi connectivity index (χ3v) is 2.87. The normalized spacial score (nSPS) is 10.2. The molecular weight excluding hydrogens is 245 g/mol. The summed E-state index contributed by atoms with van der Waals surface area (Å²) < 4.78 is 15.3. The average molecular weight is 257 g/mol. The predicted molar refractivity (Wildman–Crippen MR) is 68.2 cm³/mol. The maximum absolute atomic E-state index is 13.9. The summed E-state index contributed by atoms with van der Waals surface area (Å²) in [4.78, 5) is 15.6. The van der Waals surface area contributed by atoms with Gasteiger partial charge in [-0.1, -0.05) is 12.1 Å².